The number of benzene rings is 1. The van der Waals surface area contributed by atoms with Crippen LogP contribution in [0.2, 0.25) is 0 Å². The fraction of sp³-hybridized carbons (Fsp3) is 0.538. The number of nitrogens with zero attached hydrogens (tertiary/aromatic N) is 1. The van der Waals surface area contributed by atoms with Crippen molar-refractivity contribution in [2.45, 2.75) is 37.4 Å². The van der Waals surface area contributed by atoms with E-state index in [0.717, 1.165) is 6.07 Å². The Balaban J connectivity index is 2.43. The van der Waals surface area contributed by atoms with Gasteiger partial charge in [0.25, 0.3) is 0 Å². The van der Waals surface area contributed by atoms with Crippen molar-refractivity contribution in [2.24, 2.45) is 5.73 Å². The van der Waals surface area contributed by atoms with Gasteiger partial charge in [-0.2, -0.15) is 4.31 Å². The monoisotopic (exact) mass is 302 g/mol. The highest BCUT2D eigenvalue weighted by molar-refractivity contribution is 7.89. The largest absolute Gasteiger partial charge is 0.375 e. The topological polar surface area (TPSA) is 72.6 Å². The van der Waals surface area contributed by atoms with E-state index in [-0.39, 0.29) is 30.1 Å². The number of ether oxygens (including phenoxy) is 1. The summed E-state index contributed by atoms with van der Waals surface area (Å²) in [6.45, 7) is 4.22. The van der Waals surface area contributed by atoms with Crippen LogP contribution in [0, 0.1) is 5.82 Å². The third-order valence-electron chi connectivity index (χ3n) is 3.37. The molecule has 20 heavy (non-hydrogen) atoms. The predicted octanol–water partition coefficient (Wildman–Crippen LogP) is 1.08. The Morgan fingerprint density at radius 1 is 1.45 bits per heavy atom. The van der Waals surface area contributed by atoms with Crippen molar-refractivity contribution in [3.8, 4) is 0 Å². The molecule has 1 aliphatic rings. The molecule has 0 aromatic heterocycles. The van der Waals surface area contributed by atoms with Gasteiger partial charge in [-0.15, -0.1) is 0 Å². The van der Waals surface area contributed by atoms with E-state index >= 15 is 0 Å². The van der Waals surface area contributed by atoms with Gasteiger partial charge >= 0.3 is 0 Å². The maximum atomic E-state index is 13.9. The quantitative estimate of drug-likeness (QED) is 0.907. The lowest BCUT2D eigenvalue weighted by Gasteiger charge is -2.35. The zero-order chi connectivity index (χ0) is 14.9. The molecule has 0 amide bonds. The average Bonchev–Trinajstić information content (AvgIpc) is 2.41. The summed E-state index contributed by atoms with van der Waals surface area (Å²) in [4.78, 5) is -0.318. The molecule has 1 fully saturated rings. The summed E-state index contributed by atoms with van der Waals surface area (Å²) in [6.07, 6.45) is -0.207. The third-order valence-corrected chi connectivity index (χ3v) is 5.36. The van der Waals surface area contributed by atoms with E-state index in [4.69, 9.17) is 10.5 Å². The molecule has 1 aliphatic heterocycles. The van der Waals surface area contributed by atoms with Crippen molar-refractivity contribution in [3.05, 3.63) is 29.6 Å². The van der Waals surface area contributed by atoms with Gasteiger partial charge in [0.05, 0.1) is 12.7 Å². The van der Waals surface area contributed by atoms with Gasteiger partial charge in [-0.05, 0) is 31.5 Å². The van der Waals surface area contributed by atoms with Crippen molar-refractivity contribution in [1.29, 1.82) is 0 Å². The average molecular weight is 302 g/mol. The third kappa shape index (κ3) is 2.85. The summed E-state index contributed by atoms with van der Waals surface area (Å²) >= 11 is 0. The molecule has 2 unspecified atom stereocenters. The SMILES string of the molecule is CC1CN(S(=O)(=O)c2cc(CN)ccc2F)C(C)CO1. The van der Waals surface area contributed by atoms with Crippen LogP contribution in [0.1, 0.15) is 19.4 Å². The zero-order valence-electron chi connectivity index (χ0n) is 11.5. The molecule has 0 spiro atoms. The van der Waals surface area contributed by atoms with E-state index in [1.54, 1.807) is 13.8 Å². The standard InChI is InChI=1S/C13H19FN2O3S/c1-9-8-19-10(2)7-16(9)20(17,18)13-5-11(6-15)3-4-12(13)14/h3-5,9-10H,6-8,15H2,1-2H3. The van der Waals surface area contributed by atoms with Crippen molar-refractivity contribution < 1.29 is 17.5 Å². The smallest absolute Gasteiger partial charge is 0.246 e. The number of nitrogens with two attached hydrogens (primary N) is 1. The van der Waals surface area contributed by atoms with Crippen molar-refractivity contribution in [1.82, 2.24) is 4.31 Å². The van der Waals surface area contributed by atoms with Crippen molar-refractivity contribution in [2.75, 3.05) is 13.2 Å². The first-order valence-corrected chi connectivity index (χ1v) is 7.92. The van der Waals surface area contributed by atoms with Gasteiger partial charge in [-0.3, -0.25) is 0 Å². The summed E-state index contributed by atoms with van der Waals surface area (Å²) in [5.74, 6) is -0.756. The Morgan fingerprint density at radius 3 is 2.80 bits per heavy atom. The number of hydrogen-bond acceptors (Lipinski definition) is 4. The first kappa shape index (κ1) is 15.4. The van der Waals surface area contributed by atoms with E-state index in [1.165, 1.54) is 16.4 Å². The predicted molar refractivity (Wildman–Crippen MR) is 73.1 cm³/mol. The molecule has 1 aromatic carbocycles. The molecule has 0 radical (unpaired) electrons. The van der Waals surface area contributed by atoms with Crippen LogP contribution in [0.15, 0.2) is 23.1 Å². The van der Waals surface area contributed by atoms with Gasteiger partial charge < -0.3 is 10.5 Å². The lowest BCUT2D eigenvalue weighted by Crippen LogP contribution is -2.50. The van der Waals surface area contributed by atoms with Crippen LogP contribution in [-0.4, -0.2) is 38.0 Å². The zero-order valence-corrected chi connectivity index (χ0v) is 12.4. The Kier molecular flexibility index (Phi) is 4.43. The minimum atomic E-state index is -3.88. The number of rotatable bonds is 3. The first-order chi connectivity index (χ1) is 9.36. The van der Waals surface area contributed by atoms with Crippen LogP contribution in [0.5, 0.6) is 0 Å². The molecular formula is C13H19FN2O3S. The van der Waals surface area contributed by atoms with E-state index < -0.39 is 15.8 Å². The fourth-order valence-corrected chi connectivity index (χ4v) is 4.01. The lowest BCUT2D eigenvalue weighted by atomic mass is 10.2. The van der Waals surface area contributed by atoms with Crippen molar-refractivity contribution >= 4 is 10.0 Å². The second kappa shape index (κ2) is 5.77. The van der Waals surface area contributed by atoms with E-state index in [0.29, 0.717) is 12.2 Å². The maximum absolute atomic E-state index is 13.9. The van der Waals surface area contributed by atoms with Gasteiger partial charge in [0.15, 0.2) is 0 Å². The van der Waals surface area contributed by atoms with Gasteiger partial charge in [-0.25, -0.2) is 12.8 Å². The summed E-state index contributed by atoms with van der Waals surface area (Å²) in [5.41, 5.74) is 6.07. The highest BCUT2D eigenvalue weighted by atomic mass is 32.2. The molecule has 0 bridgehead atoms. The lowest BCUT2D eigenvalue weighted by molar-refractivity contribution is -0.0171. The van der Waals surface area contributed by atoms with Crippen LogP contribution in [-0.2, 0) is 21.3 Å². The molecule has 112 valence electrons. The van der Waals surface area contributed by atoms with Crippen LogP contribution >= 0.6 is 0 Å². The molecular weight excluding hydrogens is 283 g/mol. The summed E-state index contributed by atoms with van der Waals surface area (Å²) in [5, 5.41) is 0. The highest BCUT2D eigenvalue weighted by Crippen LogP contribution is 2.25. The van der Waals surface area contributed by atoms with Crippen LogP contribution in [0.25, 0.3) is 0 Å². The molecule has 1 saturated heterocycles. The normalized spacial score (nSPS) is 24.8. The molecule has 0 saturated carbocycles. The molecule has 2 rings (SSSR count). The molecule has 1 aromatic rings. The Hall–Kier alpha value is -1.02. The number of sulfonamides is 1. The summed E-state index contributed by atoms with van der Waals surface area (Å²) < 4.78 is 45.8. The van der Waals surface area contributed by atoms with Gasteiger partial charge in [0, 0.05) is 19.1 Å². The second-order valence-electron chi connectivity index (χ2n) is 5.04. The molecule has 7 heteroatoms. The van der Waals surface area contributed by atoms with Crippen LogP contribution < -0.4 is 5.73 Å². The first-order valence-electron chi connectivity index (χ1n) is 6.48. The summed E-state index contributed by atoms with van der Waals surface area (Å²) in [7, 11) is -3.88. The maximum Gasteiger partial charge on any atom is 0.246 e. The molecule has 5 nitrogen and oxygen atoms in total. The highest BCUT2D eigenvalue weighted by Gasteiger charge is 2.35. The molecule has 2 N–H and O–H groups in total. The van der Waals surface area contributed by atoms with E-state index in [9.17, 15) is 12.8 Å². The minimum absolute atomic E-state index is 0.165. The van der Waals surface area contributed by atoms with Gasteiger partial charge in [0.1, 0.15) is 10.7 Å². The van der Waals surface area contributed by atoms with Crippen LogP contribution in [0.4, 0.5) is 4.39 Å². The second-order valence-corrected chi connectivity index (χ2v) is 6.90. The van der Waals surface area contributed by atoms with Gasteiger partial charge in [-0.1, -0.05) is 6.07 Å². The molecule has 0 aliphatic carbocycles. The van der Waals surface area contributed by atoms with Gasteiger partial charge in [0.2, 0.25) is 10.0 Å². The van der Waals surface area contributed by atoms with E-state index in [2.05, 4.69) is 0 Å². The van der Waals surface area contributed by atoms with Crippen molar-refractivity contribution in [3.63, 3.8) is 0 Å². The molecule has 1 heterocycles. The summed E-state index contributed by atoms with van der Waals surface area (Å²) in [6, 6.07) is 3.61. The number of halogens is 1. The Labute approximate surface area is 118 Å². The van der Waals surface area contributed by atoms with Crippen LogP contribution in [0.3, 0.4) is 0 Å². The molecule has 2 atom stereocenters. The van der Waals surface area contributed by atoms with E-state index in [1.807, 2.05) is 0 Å². The minimum Gasteiger partial charge on any atom is -0.375 e. The number of hydrogen-bond donors (Lipinski definition) is 1. The Bertz CT molecular complexity index is 591. The number of morpholine rings is 1. The fourth-order valence-electron chi connectivity index (χ4n) is 2.21. The Morgan fingerprint density at radius 2 is 2.15 bits per heavy atom.